The second-order valence-corrected chi connectivity index (χ2v) is 8.59. The Kier molecular flexibility index (Phi) is 5.98. The summed E-state index contributed by atoms with van der Waals surface area (Å²) in [6, 6.07) is 14.5. The molecule has 1 amide bonds. The van der Waals surface area contributed by atoms with Crippen LogP contribution in [-0.4, -0.2) is 67.2 Å². The summed E-state index contributed by atoms with van der Waals surface area (Å²) in [5.74, 6) is 1.03. The molecule has 0 N–H and O–H groups in total. The lowest BCUT2D eigenvalue weighted by Gasteiger charge is -2.40. The molecule has 2 aromatic carbocycles. The number of hydrogen-bond acceptors (Lipinski definition) is 6. The van der Waals surface area contributed by atoms with Gasteiger partial charge in [0.1, 0.15) is 5.82 Å². The molecule has 1 aromatic heterocycles. The monoisotopic (exact) mass is 449 g/mol. The van der Waals surface area contributed by atoms with Gasteiger partial charge in [-0.2, -0.15) is 0 Å². The SMILES string of the molecule is COc1nc2ccccc2nc1N1CCCC(C(=O)N2CCN(c3ccccc3F)CC2)C1. The average molecular weight is 450 g/mol. The van der Waals surface area contributed by atoms with Gasteiger partial charge in [0.25, 0.3) is 5.88 Å². The molecule has 2 aliphatic heterocycles. The van der Waals surface area contributed by atoms with Gasteiger partial charge in [0.05, 0.1) is 29.7 Å². The fourth-order valence-electron chi connectivity index (χ4n) is 4.82. The number of hydrogen-bond donors (Lipinski definition) is 0. The first-order valence-electron chi connectivity index (χ1n) is 11.5. The molecule has 5 rings (SSSR count). The quantitative estimate of drug-likeness (QED) is 0.609. The molecule has 8 heteroatoms. The van der Waals surface area contributed by atoms with Gasteiger partial charge in [-0.05, 0) is 37.1 Å². The van der Waals surface area contributed by atoms with Crippen LogP contribution in [0.15, 0.2) is 48.5 Å². The number of benzene rings is 2. The number of methoxy groups -OCH3 is 1. The molecule has 3 aromatic rings. The molecule has 0 bridgehead atoms. The van der Waals surface area contributed by atoms with E-state index in [2.05, 4.69) is 9.88 Å². The zero-order chi connectivity index (χ0) is 22.8. The summed E-state index contributed by atoms with van der Waals surface area (Å²) in [5, 5.41) is 0. The van der Waals surface area contributed by atoms with Crippen LogP contribution in [0.5, 0.6) is 5.88 Å². The van der Waals surface area contributed by atoms with E-state index in [1.54, 1.807) is 19.2 Å². The summed E-state index contributed by atoms with van der Waals surface area (Å²) >= 11 is 0. The molecule has 2 saturated heterocycles. The van der Waals surface area contributed by atoms with E-state index in [0.717, 1.165) is 30.4 Å². The van der Waals surface area contributed by atoms with Gasteiger partial charge in [-0.15, -0.1) is 0 Å². The van der Waals surface area contributed by atoms with Crippen molar-refractivity contribution >= 4 is 28.4 Å². The van der Waals surface area contributed by atoms with Gasteiger partial charge >= 0.3 is 0 Å². The molecule has 0 saturated carbocycles. The number of ether oxygens (including phenoxy) is 1. The molecule has 0 spiro atoms. The fraction of sp³-hybridized carbons (Fsp3) is 0.400. The molecule has 172 valence electrons. The summed E-state index contributed by atoms with van der Waals surface area (Å²) in [6.45, 7) is 3.87. The number of para-hydroxylation sites is 3. The molecule has 1 atom stereocenters. The van der Waals surface area contributed by atoms with Crippen molar-refractivity contribution in [2.45, 2.75) is 12.8 Å². The van der Waals surface area contributed by atoms with E-state index < -0.39 is 0 Å². The topological polar surface area (TPSA) is 61.8 Å². The minimum Gasteiger partial charge on any atom is -0.478 e. The highest BCUT2D eigenvalue weighted by atomic mass is 19.1. The van der Waals surface area contributed by atoms with E-state index >= 15 is 0 Å². The van der Waals surface area contributed by atoms with Crippen LogP contribution in [0.25, 0.3) is 11.0 Å². The minimum atomic E-state index is -0.217. The van der Waals surface area contributed by atoms with Crippen LogP contribution in [-0.2, 0) is 4.79 Å². The second-order valence-electron chi connectivity index (χ2n) is 8.59. The predicted molar refractivity (Wildman–Crippen MR) is 126 cm³/mol. The van der Waals surface area contributed by atoms with Gasteiger partial charge in [-0.3, -0.25) is 4.79 Å². The van der Waals surface area contributed by atoms with Crippen molar-refractivity contribution in [1.29, 1.82) is 0 Å². The molecule has 0 radical (unpaired) electrons. The minimum absolute atomic E-state index is 0.100. The summed E-state index contributed by atoms with van der Waals surface area (Å²) in [7, 11) is 1.60. The number of aromatic nitrogens is 2. The Bertz CT molecular complexity index is 1150. The highest BCUT2D eigenvalue weighted by Gasteiger charge is 2.33. The molecule has 33 heavy (non-hydrogen) atoms. The number of carbonyl (C=O) groups is 1. The number of rotatable bonds is 4. The number of piperazine rings is 1. The van der Waals surface area contributed by atoms with E-state index in [9.17, 15) is 9.18 Å². The van der Waals surface area contributed by atoms with Crippen molar-refractivity contribution in [3.63, 3.8) is 0 Å². The van der Waals surface area contributed by atoms with E-state index in [1.165, 1.54) is 6.07 Å². The Balaban J connectivity index is 1.27. The second kappa shape index (κ2) is 9.21. The number of anilines is 2. The summed E-state index contributed by atoms with van der Waals surface area (Å²) in [5.41, 5.74) is 2.21. The van der Waals surface area contributed by atoms with Crippen LogP contribution in [0.3, 0.4) is 0 Å². The maximum atomic E-state index is 14.1. The highest BCUT2D eigenvalue weighted by Crippen LogP contribution is 2.31. The molecule has 0 aliphatic carbocycles. The maximum absolute atomic E-state index is 14.1. The van der Waals surface area contributed by atoms with Crippen molar-refractivity contribution in [3.8, 4) is 5.88 Å². The van der Waals surface area contributed by atoms with Crippen LogP contribution < -0.4 is 14.5 Å². The van der Waals surface area contributed by atoms with Crippen LogP contribution in [0.1, 0.15) is 12.8 Å². The Morgan fingerprint density at radius 1 is 0.939 bits per heavy atom. The van der Waals surface area contributed by atoms with E-state index in [0.29, 0.717) is 50.1 Å². The van der Waals surface area contributed by atoms with Crippen molar-refractivity contribution in [3.05, 3.63) is 54.3 Å². The smallest absolute Gasteiger partial charge is 0.257 e. The number of fused-ring (bicyclic) bond motifs is 1. The van der Waals surface area contributed by atoms with Gasteiger partial charge in [-0.1, -0.05) is 24.3 Å². The number of halogens is 1. The lowest BCUT2D eigenvalue weighted by Crippen LogP contribution is -2.53. The third kappa shape index (κ3) is 4.29. The number of piperidine rings is 1. The molecule has 2 fully saturated rings. The first-order chi connectivity index (χ1) is 16.1. The van der Waals surface area contributed by atoms with Gasteiger partial charge in [-0.25, -0.2) is 14.4 Å². The molecule has 3 heterocycles. The molecular weight excluding hydrogens is 421 g/mol. The van der Waals surface area contributed by atoms with Crippen LogP contribution in [0.2, 0.25) is 0 Å². The Labute approximate surface area is 192 Å². The predicted octanol–water partition coefficient (Wildman–Crippen LogP) is 3.34. The number of nitrogens with zero attached hydrogens (tertiary/aromatic N) is 5. The van der Waals surface area contributed by atoms with Crippen molar-refractivity contribution in [2.24, 2.45) is 5.92 Å². The summed E-state index contributed by atoms with van der Waals surface area (Å²) in [6.07, 6.45) is 1.76. The molecule has 7 nitrogen and oxygen atoms in total. The standard InChI is InChI=1S/C25H28FN5O2/c1-33-24-23(27-20-9-3-4-10-21(20)28-24)31-12-6-7-18(17-31)25(32)30-15-13-29(14-16-30)22-11-5-2-8-19(22)26/h2-5,8-11,18H,6-7,12-17H2,1H3. The molecular formula is C25H28FN5O2. The van der Waals surface area contributed by atoms with Crippen LogP contribution >= 0.6 is 0 Å². The van der Waals surface area contributed by atoms with Crippen molar-refractivity contribution in [1.82, 2.24) is 14.9 Å². The first-order valence-corrected chi connectivity index (χ1v) is 11.5. The zero-order valence-corrected chi connectivity index (χ0v) is 18.8. The lowest BCUT2D eigenvalue weighted by molar-refractivity contribution is -0.136. The summed E-state index contributed by atoms with van der Waals surface area (Å²) in [4.78, 5) is 28.8. The van der Waals surface area contributed by atoms with Crippen LogP contribution in [0, 0.1) is 11.7 Å². The van der Waals surface area contributed by atoms with Gasteiger partial charge in [0, 0.05) is 39.3 Å². The largest absolute Gasteiger partial charge is 0.478 e. The number of amides is 1. The molecule has 1 unspecified atom stereocenters. The van der Waals surface area contributed by atoms with Crippen LogP contribution in [0.4, 0.5) is 15.9 Å². The Hall–Kier alpha value is -3.42. The first kappa shape index (κ1) is 21.4. The van der Waals surface area contributed by atoms with E-state index in [1.807, 2.05) is 40.1 Å². The third-order valence-corrected chi connectivity index (χ3v) is 6.57. The van der Waals surface area contributed by atoms with E-state index in [-0.39, 0.29) is 17.6 Å². The van der Waals surface area contributed by atoms with E-state index in [4.69, 9.17) is 9.72 Å². The third-order valence-electron chi connectivity index (χ3n) is 6.57. The van der Waals surface area contributed by atoms with Crippen molar-refractivity contribution < 1.29 is 13.9 Å². The van der Waals surface area contributed by atoms with Crippen molar-refractivity contribution in [2.75, 3.05) is 56.2 Å². The maximum Gasteiger partial charge on any atom is 0.257 e. The van der Waals surface area contributed by atoms with Gasteiger partial charge in [0.2, 0.25) is 5.91 Å². The highest BCUT2D eigenvalue weighted by molar-refractivity contribution is 5.81. The van der Waals surface area contributed by atoms with Gasteiger partial charge < -0.3 is 19.4 Å². The lowest BCUT2D eigenvalue weighted by atomic mass is 9.96. The zero-order valence-electron chi connectivity index (χ0n) is 18.8. The molecule has 2 aliphatic rings. The Morgan fingerprint density at radius 2 is 1.64 bits per heavy atom. The summed E-state index contributed by atoms with van der Waals surface area (Å²) < 4.78 is 19.7. The number of carbonyl (C=O) groups excluding carboxylic acids is 1. The Morgan fingerprint density at radius 3 is 2.36 bits per heavy atom. The average Bonchev–Trinajstić information content (AvgIpc) is 2.88. The normalized spacial score (nSPS) is 19.1. The fourth-order valence-corrected chi connectivity index (χ4v) is 4.82. The van der Waals surface area contributed by atoms with Gasteiger partial charge in [0.15, 0.2) is 5.82 Å².